The Morgan fingerprint density at radius 3 is 3.13 bits per heavy atom. The van der Waals surface area contributed by atoms with E-state index < -0.39 is 5.97 Å². The maximum absolute atomic E-state index is 10.6. The van der Waals surface area contributed by atoms with Gasteiger partial charge in [-0.2, -0.15) is 0 Å². The Balaban J connectivity index is 2.16. The monoisotopic (exact) mass is 227 g/mol. The van der Waals surface area contributed by atoms with Crippen molar-refractivity contribution in [3.05, 3.63) is 15.6 Å². The summed E-state index contributed by atoms with van der Waals surface area (Å²) in [7, 11) is 0. The molecule has 0 bridgehead atoms. The number of aryl methyl sites for hydroxylation is 1. The van der Waals surface area contributed by atoms with Gasteiger partial charge >= 0.3 is 5.97 Å². The van der Waals surface area contributed by atoms with Crippen molar-refractivity contribution in [1.29, 1.82) is 0 Å². The lowest BCUT2D eigenvalue weighted by atomic mass is 10.2. The van der Waals surface area contributed by atoms with Crippen LogP contribution in [-0.4, -0.2) is 22.7 Å². The lowest BCUT2D eigenvalue weighted by molar-refractivity contribution is -0.136. The number of carboxylic acids is 1. The number of carbonyl (C=O) groups is 1. The summed E-state index contributed by atoms with van der Waals surface area (Å²) in [5.41, 5.74) is 0.827. The fourth-order valence-corrected chi connectivity index (χ4v) is 2.80. The smallest absolute Gasteiger partial charge is 0.308 e. The van der Waals surface area contributed by atoms with Crippen molar-refractivity contribution in [2.45, 2.75) is 32.3 Å². The number of hydrogen-bond donors (Lipinski definition) is 1. The van der Waals surface area contributed by atoms with Crippen LogP contribution >= 0.6 is 11.3 Å². The van der Waals surface area contributed by atoms with Crippen LogP contribution in [0.2, 0.25) is 0 Å². The molecule has 82 valence electrons. The summed E-state index contributed by atoms with van der Waals surface area (Å²) in [6.45, 7) is 2.64. The van der Waals surface area contributed by atoms with Crippen molar-refractivity contribution in [2.24, 2.45) is 0 Å². The van der Waals surface area contributed by atoms with Gasteiger partial charge in [0.05, 0.1) is 12.1 Å². The van der Waals surface area contributed by atoms with Crippen molar-refractivity contribution >= 4 is 17.3 Å². The van der Waals surface area contributed by atoms with E-state index in [-0.39, 0.29) is 12.5 Å². The van der Waals surface area contributed by atoms with E-state index in [2.05, 4.69) is 4.98 Å². The first-order chi connectivity index (χ1) is 7.16. The Morgan fingerprint density at radius 1 is 1.73 bits per heavy atom. The summed E-state index contributed by atoms with van der Waals surface area (Å²) < 4.78 is 5.51. The Morgan fingerprint density at radius 2 is 2.53 bits per heavy atom. The van der Waals surface area contributed by atoms with Crippen LogP contribution < -0.4 is 0 Å². The minimum Gasteiger partial charge on any atom is -0.481 e. The van der Waals surface area contributed by atoms with Crippen LogP contribution in [0, 0.1) is 6.92 Å². The van der Waals surface area contributed by atoms with Crippen molar-refractivity contribution in [1.82, 2.24) is 4.98 Å². The Kier molecular flexibility index (Phi) is 3.02. The van der Waals surface area contributed by atoms with E-state index in [1.807, 2.05) is 6.92 Å². The predicted molar refractivity (Wildman–Crippen MR) is 56.1 cm³/mol. The third kappa shape index (κ3) is 2.35. The Hall–Kier alpha value is -0.940. The van der Waals surface area contributed by atoms with Crippen LogP contribution in [-0.2, 0) is 16.0 Å². The second kappa shape index (κ2) is 4.28. The minimum absolute atomic E-state index is 0.0657. The SMILES string of the molecule is Cc1nc(C2CCCO2)sc1CC(=O)O. The van der Waals surface area contributed by atoms with E-state index in [4.69, 9.17) is 9.84 Å². The summed E-state index contributed by atoms with van der Waals surface area (Å²) in [4.78, 5) is 15.8. The molecule has 1 aromatic rings. The molecule has 0 radical (unpaired) electrons. The molecule has 1 aliphatic heterocycles. The summed E-state index contributed by atoms with van der Waals surface area (Å²) in [5, 5.41) is 9.65. The maximum atomic E-state index is 10.6. The molecule has 1 atom stereocenters. The zero-order valence-corrected chi connectivity index (χ0v) is 9.34. The average Bonchev–Trinajstić information content (AvgIpc) is 2.75. The van der Waals surface area contributed by atoms with Gasteiger partial charge in [-0.15, -0.1) is 11.3 Å². The van der Waals surface area contributed by atoms with E-state index in [1.54, 1.807) is 0 Å². The average molecular weight is 227 g/mol. The highest BCUT2D eigenvalue weighted by atomic mass is 32.1. The molecule has 0 spiro atoms. The van der Waals surface area contributed by atoms with Gasteiger partial charge < -0.3 is 9.84 Å². The zero-order chi connectivity index (χ0) is 10.8. The molecule has 0 saturated carbocycles. The van der Waals surface area contributed by atoms with Crippen molar-refractivity contribution in [2.75, 3.05) is 6.61 Å². The first kappa shape index (κ1) is 10.6. The second-order valence-electron chi connectivity index (χ2n) is 3.63. The molecule has 1 aliphatic rings. The number of aliphatic carboxylic acids is 1. The molecule has 4 nitrogen and oxygen atoms in total. The van der Waals surface area contributed by atoms with Crippen molar-refractivity contribution in [3.8, 4) is 0 Å². The van der Waals surface area contributed by atoms with E-state index in [1.165, 1.54) is 11.3 Å². The minimum atomic E-state index is -0.805. The van der Waals surface area contributed by atoms with E-state index in [0.717, 1.165) is 35.0 Å². The third-order valence-corrected chi connectivity index (χ3v) is 3.68. The van der Waals surface area contributed by atoms with Gasteiger partial charge in [0.1, 0.15) is 11.1 Å². The van der Waals surface area contributed by atoms with Gasteiger partial charge in [-0.3, -0.25) is 4.79 Å². The number of thiazole rings is 1. The Bertz CT molecular complexity index is 369. The molecule has 2 rings (SSSR count). The largest absolute Gasteiger partial charge is 0.481 e. The lowest BCUT2D eigenvalue weighted by Crippen LogP contribution is -1.99. The molecular formula is C10H13NO3S. The van der Waals surface area contributed by atoms with Crippen LogP contribution in [0.4, 0.5) is 0 Å². The number of rotatable bonds is 3. The highest BCUT2D eigenvalue weighted by Gasteiger charge is 2.22. The predicted octanol–water partition coefficient (Wildman–Crippen LogP) is 1.93. The molecule has 15 heavy (non-hydrogen) atoms. The molecule has 1 unspecified atom stereocenters. The van der Waals surface area contributed by atoms with E-state index in [9.17, 15) is 4.79 Å². The third-order valence-electron chi connectivity index (χ3n) is 2.43. The molecule has 1 saturated heterocycles. The maximum Gasteiger partial charge on any atom is 0.308 e. The fraction of sp³-hybridized carbons (Fsp3) is 0.600. The first-order valence-electron chi connectivity index (χ1n) is 4.96. The topological polar surface area (TPSA) is 59.4 Å². The van der Waals surface area contributed by atoms with Gasteiger partial charge in [-0.25, -0.2) is 4.98 Å². The van der Waals surface area contributed by atoms with Crippen molar-refractivity contribution in [3.63, 3.8) is 0 Å². The van der Waals surface area contributed by atoms with E-state index in [0.29, 0.717) is 0 Å². The van der Waals surface area contributed by atoms with Gasteiger partial charge in [-0.1, -0.05) is 0 Å². The van der Waals surface area contributed by atoms with Gasteiger partial charge in [0.25, 0.3) is 0 Å². The number of ether oxygens (including phenoxy) is 1. The van der Waals surface area contributed by atoms with Crippen LogP contribution in [0.5, 0.6) is 0 Å². The normalized spacial score (nSPS) is 20.7. The molecule has 5 heteroatoms. The molecule has 1 fully saturated rings. The van der Waals surface area contributed by atoms with Crippen LogP contribution in [0.15, 0.2) is 0 Å². The molecule has 0 aromatic carbocycles. The summed E-state index contributed by atoms with van der Waals surface area (Å²) in [6.07, 6.45) is 2.23. The van der Waals surface area contributed by atoms with Crippen LogP contribution in [0.1, 0.15) is 34.5 Å². The number of hydrogen-bond acceptors (Lipinski definition) is 4. The molecular weight excluding hydrogens is 214 g/mol. The molecule has 1 aromatic heterocycles. The van der Waals surface area contributed by atoms with Gasteiger partial charge in [-0.05, 0) is 19.8 Å². The second-order valence-corrected chi connectivity index (χ2v) is 4.75. The zero-order valence-electron chi connectivity index (χ0n) is 8.52. The first-order valence-corrected chi connectivity index (χ1v) is 5.78. The number of carboxylic acid groups (broad SMARTS) is 1. The molecule has 1 N–H and O–H groups in total. The molecule has 2 heterocycles. The lowest BCUT2D eigenvalue weighted by Gasteiger charge is -2.03. The summed E-state index contributed by atoms with van der Waals surface area (Å²) in [6, 6.07) is 0. The number of nitrogens with zero attached hydrogens (tertiary/aromatic N) is 1. The molecule has 0 aliphatic carbocycles. The quantitative estimate of drug-likeness (QED) is 0.857. The van der Waals surface area contributed by atoms with Crippen LogP contribution in [0.3, 0.4) is 0 Å². The summed E-state index contributed by atoms with van der Waals surface area (Å²) >= 11 is 1.47. The fourth-order valence-electron chi connectivity index (χ4n) is 1.66. The van der Waals surface area contributed by atoms with Crippen molar-refractivity contribution < 1.29 is 14.6 Å². The van der Waals surface area contributed by atoms with Crippen LogP contribution in [0.25, 0.3) is 0 Å². The Labute approximate surface area is 91.9 Å². The molecule has 0 amide bonds. The van der Waals surface area contributed by atoms with Gasteiger partial charge in [0.15, 0.2) is 0 Å². The standard InChI is InChI=1S/C10H13NO3S/c1-6-8(5-9(12)13)15-10(11-6)7-3-2-4-14-7/h7H,2-5H2,1H3,(H,12,13). The van der Waals surface area contributed by atoms with Gasteiger partial charge in [0.2, 0.25) is 0 Å². The highest BCUT2D eigenvalue weighted by Crippen LogP contribution is 2.32. The summed E-state index contributed by atoms with van der Waals surface area (Å²) in [5.74, 6) is -0.805. The van der Waals surface area contributed by atoms with Gasteiger partial charge in [0, 0.05) is 11.5 Å². The number of aromatic nitrogens is 1. The highest BCUT2D eigenvalue weighted by molar-refractivity contribution is 7.11. The van der Waals surface area contributed by atoms with E-state index >= 15 is 0 Å².